The number of aliphatic hydroxyl groups excluding tert-OH is 2. The molecule has 22 nitrogen and oxygen atoms in total. The Hall–Kier alpha value is -7.77. The van der Waals surface area contributed by atoms with Crippen LogP contribution in [0.1, 0.15) is 104 Å². The molecule has 25 heteroatoms. The van der Waals surface area contributed by atoms with E-state index in [1.165, 1.54) is 88.1 Å². The summed E-state index contributed by atoms with van der Waals surface area (Å²) in [5.41, 5.74) is 6.82. The summed E-state index contributed by atoms with van der Waals surface area (Å²) < 4.78 is 30.4. The molecule has 5 aliphatic heterocycles. The SMILES string of the molecule is CN[C@@H](CC(C)C)C(=O)N[C@H]1C(=O)C[C@@H](CC(N)=O)C(=O)N[C@H]2C(=O)C[C@H]3C(=O)N[C@H](C(=O)N[C@@H](B(O)O)c4cc(C)cc(OC)c4-c4cc3ccc4OC)[C@H](O)c3ccc(c(Cl)c3)Oc3cc2cc(c3OC)Oc2ccc(cc2Cl)[C@H]1O.[HH]. The molecule has 0 spiro atoms. The Balaban J connectivity index is 0.0000101. The molecule has 9 atom stereocenters. The van der Waals surface area contributed by atoms with Crippen LogP contribution in [0.15, 0.2) is 78.9 Å². The van der Waals surface area contributed by atoms with Crippen molar-refractivity contribution in [3.8, 4) is 51.4 Å². The van der Waals surface area contributed by atoms with Gasteiger partial charge in [0.2, 0.25) is 35.3 Å². The summed E-state index contributed by atoms with van der Waals surface area (Å²) in [4.78, 5) is 102. The van der Waals surface area contributed by atoms with Crippen LogP contribution in [-0.2, 0) is 33.6 Å². The number of rotatable bonds is 11. The number of ketones is 2. The van der Waals surface area contributed by atoms with Gasteiger partial charge >= 0.3 is 7.12 Å². The van der Waals surface area contributed by atoms with E-state index in [0.29, 0.717) is 12.0 Å². The minimum absolute atomic E-state index is 0. The first kappa shape index (κ1) is 61.3. The summed E-state index contributed by atoms with van der Waals surface area (Å²) in [5.74, 6) is -12.0. The number of nitrogens with one attached hydrogen (secondary N) is 5. The Bertz CT molecular complexity index is 3390. The van der Waals surface area contributed by atoms with Gasteiger partial charge in [-0.25, -0.2) is 0 Å². The van der Waals surface area contributed by atoms with Gasteiger partial charge in [-0.2, -0.15) is 0 Å². The first-order valence-electron chi connectivity index (χ1n) is 26.4. The average molecular weight is 1180 g/mol. The highest BCUT2D eigenvalue weighted by atomic mass is 35.5. The predicted octanol–water partition coefficient (Wildman–Crippen LogP) is 5.06. The smallest absolute Gasteiger partial charge is 0.480 e. The number of primary amides is 1. The van der Waals surface area contributed by atoms with Gasteiger partial charge in [-0.15, -0.1) is 0 Å². The Labute approximate surface area is 489 Å². The predicted molar refractivity (Wildman–Crippen MR) is 305 cm³/mol. The third-order valence-corrected chi connectivity index (χ3v) is 15.4. The highest BCUT2D eigenvalue weighted by Crippen LogP contribution is 2.49. The van der Waals surface area contributed by atoms with Crippen molar-refractivity contribution < 1.29 is 78.9 Å². The summed E-state index contributed by atoms with van der Waals surface area (Å²) in [5, 5.41) is 59.5. The van der Waals surface area contributed by atoms with Gasteiger partial charge in [-0.3, -0.25) is 33.6 Å². The molecule has 0 aliphatic carbocycles. The van der Waals surface area contributed by atoms with E-state index in [1.54, 1.807) is 26.1 Å². The van der Waals surface area contributed by atoms with E-state index >= 15 is 14.4 Å². The zero-order valence-corrected chi connectivity index (χ0v) is 47.7. The molecule has 0 fully saturated rings. The van der Waals surface area contributed by atoms with Crippen molar-refractivity contribution in [2.75, 3.05) is 28.4 Å². The highest BCUT2D eigenvalue weighted by molar-refractivity contribution is 6.44. The third-order valence-electron chi connectivity index (χ3n) is 14.8. The first-order chi connectivity index (χ1) is 39.4. The summed E-state index contributed by atoms with van der Waals surface area (Å²) in [6.07, 6.45) is -5.86. The van der Waals surface area contributed by atoms with Gasteiger partial charge in [0.25, 0.3) is 0 Å². The topological polar surface area (TPSA) is 333 Å². The quantitative estimate of drug-likeness (QED) is 0.0773. The molecule has 5 aromatic rings. The number of carbonyl (C=O) groups excluding carboxylic acids is 7. The Morgan fingerprint density at radius 2 is 1.35 bits per heavy atom. The second kappa shape index (κ2) is 25.8. The number of aliphatic hydroxyl groups is 2. The van der Waals surface area contributed by atoms with Gasteiger partial charge < -0.3 is 76.3 Å². The van der Waals surface area contributed by atoms with Crippen LogP contribution in [0.25, 0.3) is 11.1 Å². The van der Waals surface area contributed by atoms with Crippen LogP contribution in [-0.4, -0.2) is 115 Å². The number of benzene rings is 5. The molecule has 5 aromatic carbocycles. The second-order valence-electron chi connectivity index (χ2n) is 21.0. The molecule has 5 amide bonds. The summed E-state index contributed by atoms with van der Waals surface area (Å²) in [7, 11) is 3.27. The largest absolute Gasteiger partial charge is 0.496 e. The normalized spacial score (nSPS) is 22.2. The van der Waals surface area contributed by atoms with Crippen molar-refractivity contribution in [3.05, 3.63) is 122 Å². The number of fused-ring (bicyclic) bond motifs is 15. The van der Waals surface area contributed by atoms with Gasteiger partial charge in [0.1, 0.15) is 53.3 Å². The van der Waals surface area contributed by atoms with Crippen LogP contribution in [0.5, 0.6) is 40.2 Å². The van der Waals surface area contributed by atoms with E-state index < -0.39 is 122 Å². The highest BCUT2D eigenvalue weighted by Gasteiger charge is 2.42. The molecular formula is C58H65BCl2N6O16. The molecule has 5 heterocycles. The van der Waals surface area contributed by atoms with Crippen LogP contribution < -0.4 is 56.0 Å². The molecule has 0 aromatic heterocycles. The van der Waals surface area contributed by atoms with E-state index in [1.807, 2.05) is 13.8 Å². The number of Topliss-reactive ketones (excluding diaryl/α,β-unsaturated/α-hetero) is 2. The maximum absolute atomic E-state index is 15.8. The zero-order chi connectivity index (χ0) is 60.3. The van der Waals surface area contributed by atoms with Gasteiger partial charge in [0.05, 0.1) is 55.2 Å². The third kappa shape index (κ3) is 13.2. The van der Waals surface area contributed by atoms with Crippen molar-refractivity contribution in [1.82, 2.24) is 26.6 Å². The van der Waals surface area contributed by atoms with E-state index in [2.05, 4.69) is 26.6 Å². The lowest BCUT2D eigenvalue weighted by Crippen LogP contribution is -2.54. The van der Waals surface area contributed by atoms with Crippen LogP contribution in [0.4, 0.5) is 0 Å². The molecule has 0 unspecified atom stereocenters. The van der Waals surface area contributed by atoms with E-state index in [9.17, 15) is 39.4 Å². The second-order valence-corrected chi connectivity index (χ2v) is 21.8. The van der Waals surface area contributed by atoms with E-state index in [0.717, 1.165) is 0 Å². The summed E-state index contributed by atoms with van der Waals surface area (Å²) in [6, 6.07) is 11.9. The fraction of sp³-hybridized carbons (Fsp3) is 0.362. The lowest BCUT2D eigenvalue weighted by atomic mass is 9.72. The fourth-order valence-corrected chi connectivity index (χ4v) is 11.0. The molecule has 10 rings (SSSR count). The molecule has 440 valence electrons. The van der Waals surface area contributed by atoms with Crippen molar-refractivity contribution >= 4 is 71.4 Å². The van der Waals surface area contributed by atoms with E-state index in [4.69, 9.17) is 52.6 Å². The molecule has 11 N–H and O–H groups in total. The monoisotopic (exact) mass is 1180 g/mol. The maximum atomic E-state index is 15.8. The molecule has 0 saturated heterocycles. The minimum atomic E-state index is -2.29. The maximum Gasteiger partial charge on any atom is 0.480 e. The molecule has 5 aliphatic rings. The summed E-state index contributed by atoms with van der Waals surface area (Å²) in [6.45, 7) is 5.48. The number of carbonyl (C=O) groups is 7. The Morgan fingerprint density at radius 1 is 0.735 bits per heavy atom. The number of hydrogen-bond donors (Lipinski definition) is 10. The Kier molecular flexibility index (Phi) is 19.1. The van der Waals surface area contributed by atoms with Crippen molar-refractivity contribution in [3.63, 3.8) is 0 Å². The van der Waals surface area contributed by atoms with E-state index in [-0.39, 0.29) is 96.6 Å². The van der Waals surface area contributed by atoms with Crippen molar-refractivity contribution in [2.45, 2.75) is 94.7 Å². The molecule has 11 bridgehead atoms. The van der Waals surface area contributed by atoms with Crippen molar-refractivity contribution in [1.29, 1.82) is 0 Å². The van der Waals surface area contributed by atoms with Gasteiger partial charge in [-0.1, -0.05) is 61.3 Å². The first-order valence-corrected chi connectivity index (χ1v) is 27.2. The molecule has 83 heavy (non-hydrogen) atoms. The van der Waals surface area contributed by atoms with Gasteiger partial charge in [-0.05, 0) is 114 Å². The van der Waals surface area contributed by atoms with Crippen LogP contribution in [0.2, 0.25) is 10.0 Å². The molecule has 0 radical (unpaired) electrons. The number of amides is 5. The Morgan fingerprint density at radius 3 is 1.90 bits per heavy atom. The number of ether oxygens (including phenoxy) is 5. The number of hydrogen-bond acceptors (Lipinski definition) is 17. The molecule has 0 saturated carbocycles. The number of halogens is 2. The zero-order valence-electron chi connectivity index (χ0n) is 46.2. The summed E-state index contributed by atoms with van der Waals surface area (Å²) >= 11 is 13.8. The van der Waals surface area contributed by atoms with Crippen LogP contribution in [0, 0.1) is 18.8 Å². The lowest BCUT2D eigenvalue weighted by Gasteiger charge is -2.31. The number of nitrogens with two attached hydrogens (primary N) is 1. The number of aryl methyl sites for hydroxylation is 1. The van der Waals surface area contributed by atoms with Crippen LogP contribution in [0.3, 0.4) is 0 Å². The van der Waals surface area contributed by atoms with Crippen LogP contribution >= 0.6 is 23.2 Å². The van der Waals surface area contributed by atoms with Gasteiger partial charge in [0, 0.05) is 31.8 Å². The standard InChI is InChI=1S/C58H63BCl2N6O16.H2/c1-25(2)14-37(63-4)57(75)65-49-38(68)20-31(23-46(62)70)55(73)64-48-30-21-44(82-41-12-9-28(51(49)71)18-35(41)60)53(81-7)45(22-30)83-42-13-10-29(19-36(42)61)52(72)50-58(76)67-54(59(77)78)34-15-26(3)16-43(80-6)47(34)33-17-27(8-11-40(33)79-5)32(24-39(48)69)56(74)66-50;/h8-13,15-19,21-22,25,31-32,37,48-52,54,63,71-72,77-78H,14,20,23-24H2,1-7H3,(H2,62,70)(H,64,73)(H,65,75)(H,66,74)(H,67,76);1H/t31-,32+,37-,48+,49-,50-,51+,52+,54+;/m0./s1. The van der Waals surface area contributed by atoms with Crippen molar-refractivity contribution in [2.24, 2.45) is 17.6 Å². The lowest BCUT2D eigenvalue weighted by molar-refractivity contribution is -0.137. The molecular weight excluding hydrogens is 1120 g/mol. The fourth-order valence-electron chi connectivity index (χ4n) is 10.6. The average Bonchev–Trinajstić information content (AvgIpc) is 1.55. The number of methoxy groups -OCH3 is 3. The number of likely N-dealkylation sites (N-methyl/N-ethyl adjacent to an activating group) is 1. The van der Waals surface area contributed by atoms with Gasteiger partial charge in [0.15, 0.2) is 23.1 Å². The minimum Gasteiger partial charge on any atom is -0.496 e.